The van der Waals surface area contributed by atoms with Gasteiger partial charge in [0.1, 0.15) is 48.2 Å². The predicted molar refractivity (Wildman–Crippen MR) is 140 cm³/mol. The van der Waals surface area contributed by atoms with Crippen LogP contribution in [0.3, 0.4) is 0 Å². The van der Waals surface area contributed by atoms with Crippen molar-refractivity contribution in [2.24, 2.45) is 0 Å². The average molecular weight is 579 g/mol. The third-order valence-electron chi connectivity index (χ3n) is 6.18. The molecule has 0 unspecified atom stereocenters. The Kier molecular flexibility index (Phi) is 11.9. The number of esters is 2. The van der Waals surface area contributed by atoms with Gasteiger partial charge in [0.2, 0.25) is 12.4 Å². The molecule has 1 aliphatic rings. The minimum atomic E-state index is -1.63. The molecule has 3 rings (SSSR count). The normalized spacial score (nSPS) is 22.0. The molecular weight excluding hydrogens is 544 g/mol. The van der Waals surface area contributed by atoms with E-state index in [9.17, 15) is 29.7 Å². The van der Waals surface area contributed by atoms with Crippen molar-refractivity contribution < 1.29 is 62.9 Å². The quantitative estimate of drug-likeness (QED) is 0.212. The smallest absolute Gasteiger partial charge is 0.332 e. The number of hydrogen-bond acceptors (Lipinski definition) is 13. The first kappa shape index (κ1) is 31.8. The number of ether oxygens (including phenoxy) is 7. The number of carbonyl (C=O) groups excluding carboxylic acids is 3. The van der Waals surface area contributed by atoms with Crippen molar-refractivity contribution >= 4 is 17.7 Å². The second-order valence-electron chi connectivity index (χ2n) is 9.03. The molecule has 2 aromatic rings. The summed E-state index contributed by atoms with van der Waals surface area (Å²) in [6.45, 7) is -1.67. The molecule has 0 aliphatic carbocycles. The molecule has 5 atom stereocenters. The van der Waals surface area contributed by atoms with Gasteiger partial charge in [0.05, 0.1) is 13.7 Å². The van der Waals surface area contributed by atoms with Gasteiger partial charge in [-0.25, -0.2) is 9.59 Å². The number of aliphatic hydroxyl groups excluding tert-OH is 2. The van der Waals surface area contributed by atoms with Crippen LogP contribution in [0.15, 0.2) is 42.5 Å². The van der Waals surface area contributed by atoms with Crippen molar-refractivity contribution in [1.82, 2.24) is 0 Å². The molecule has 0 saturated carbocycles. The molecule has 13 nitrogen and oxygen atoms in total. The minimum Gasteiger partial charge on any atom is -0.507 e. The predicted octanol–water partition coefficient (Wildman–Crippen LogP) is 0.790. The Bertz CT molecular complexity index is 1170. The first-order chi connectivity index (χ1) is 19.7. The fourth-order valence-corrected chi connectivity index (χ4v) is 4.20. The monoisotopic (exact) mass is 578 g/mol. The van der Waals surface area contributed by atoms with Crippen LogP contribution in [0.5, 0.6) is 17.2 Å². The second kappa shape index (κ2) is 15.3. The molecule has 0 radical (unpaired) electrons. The number of ketones is 1. The molecule has 1 fully saturated rings. The highest BCUT2D eigenvalue weighted by Crippen LogP contribution is 2.34. The van der Waals surface area contributed by atoms with Gasteiger partial charge in [0, 0.05) is 20.6 Å². The van der Waals surface area contributed by atoms with Crippen LogP contribution >= 0.6 is 0 Å². The lowest BCUT2D eigenvalue weighted by Crippen LogP contribution is -2.62. The van der Waals surface area contributed by atoms with Gasteiger partial charge in [-0.15, -0.1) is 0 Å². The molecule has 3 N–H and O–H groups in total. The number of phenolic OH excluding ortho intramolecular Hbond substituents is 1. The Labute approximate surface area is 236 Å². The van der Waals surface area contributed by atoms with Crippen molar-refractivity contribution in [2.75, 3.05) is 41.2 Å². The van der Waals surface area contributed by atoms with Gasteiger partial charge >= 0.3 is 11.9 Å². The van der Waals surface area contributed by atoms with Crippen LogP contribution in [0.4, 0.5) is 0 Å². The zero-order valence-electron chi connectivity index (χ0n) is 22.9. The van der Waals surface area contributed by atoms with Gasteiger partial charge < -0.3 is 48.5 Å². The highest BCUT2D eigenvalue weighted by atomic mass is 16.7. The molecule has 0 spiro atoms. The molecule has 2 aromatic carbocycles. The van der Waals surface area contributed by atoms with Gasteiger partial charge in [-0.05, 0) is 36.2 Å². The maximum absolute atomic E-state index is 13.3. The Balaban J connectivity index is 1.89. The van der Waals surface area contributed by atoms with E-state index in [-0.39, 0.29) is 23.5 Å². The SMILES string of the molecule is COCC(=O)O[C@H]1[C@H](Oc2cccc(O)c2C(=O)CCc2ccc(OC)cc2)O[C@H](CO)[C@@H](O)[C@@H]1OC(=O)COC. The lowest BCUT2D eigenvalue weighted by Gasteiger charge is -2.42. The van der Waals surface area contributed by atoms with Crippen LogP contribution in [-0.2, 0) is 39.7 Å². The number of benzene rings is 2. The van der Waals surface area contributed by atoms with E-state index in [1.165, 1.54) is 32.4 Å². The number of rotatable bonds is 14. The van der Waals surface area contributed by atoms with E-state index in [1.807, 2.05) is 12.1 Å². The summed E-state index contributed by atoms with van der Waals surface area (Å²) in [7, 11) is 4.07. The first-order valence-corrected chi connectivity index (χ1v) is 12.7. The maximum atomic E-state index is 13.3. The number of aryl methyl sites for hydroxylation is 1. The van der Waals surface area contributed by atoms with E-state index < -0.39 is 68.2 Å². The van der Waals surface area contributed by atoms with Crippen LogP contribution in [0.1, 0.15) is 22.3 Å². The summed E-state index contributed by atoms with van der Waals surface area (Å²) in [5, 5.41) is 31.2. The molecule has 0 aromatic heterocycles. The number of carbonyl (C=O) groups is 3. The largest absolute Gasteiger partial charge is 0.507 e. The van der Waals surface area contributed by atoms with E-state index in [4.69, 9.17) is 33.2 Å². The molecule has 13 heteroatoms. The summed E-state index contributed by atoms with van der Waals surface area (Å²) < 4.78 is 37.0. The number of hydrogen-bond donors (Lipinski definition) is 3. The van der Waals surface area contributed by atoms with Gasteiger partial charge in [0.25, 0.3) is 0 Å². The topological polar surface area (TPSA) is 177 Å². The molecule has 224 valence electrons. The Hall–Kier alpha value is -3.75. The van der Waals surface area contributed by atoms with Gasteiger partial charge in [-0.2, -0.15) is 0 Å². The molecule has 41 heavy (non-hydrogen) atoms. The summed E-state index contributed by atoms with van der Waals surface area (Å²) in [6, 6.07) is 11.3. The highest BCUT2D eigenvalue weighted by molar-refractivity contribution is 6.01. The fourth-order valence-electron chi connectivity index (χ4n) is 4.20. The van der Waals surface area contributed by atoms with E-state index in [0.29, 0.717) is 12.2 Å². The van der Waals surface area contributed by atoms with E-state index in [2.05, 4.69) is 0 Å². The van der Waals surface area contributed by atoms with Gasteiger partial charge in [0.15, 0.2) is 11.9 Å². The third-order valence-corrected chi connectivity index (χ3v) is 6.18. The summed E-state index contributed by atoms with van der Waals surface area (Å²) >= 11 is 0. The van der Waals surface area contributed by atoms with Gasteiger partial charge in [-0.1, -0.05) is 18.2 Å². The molecule has 1 heterocycles. The number of methoxy groups -OCH3 is 3. The van der Waals surface area contributed by atoms with Crippen molar-refractivity contribution in [3.63, 3.8) is 0 Å². The molecule has 1 saturated heterocycles. The Morgan fingerprint density at radius 3 is 2.12 bits per heavy atom. The molecule has 0 bridgehead atoms. The summed E-state index contributed by atoms with van der Waals surface area (Å²) in [6.07, 6.45) is -7.31. The Morgan fingerprint density at radius 2 is 1.54 bits per heavy atom. The fraction of sp³-hybridized carbons (Fsp3) is 0.464. The van der Waals surface area contributed by atoms with Crippen LogP contribution < -0.4 is 9.47 Å². The van der Waals surface area contributed by atoms with Crippen molar-refractivity contribution in [3.05, 3.63) is 53.6 Å². The van der Waals surface area contributed by atoms with Crippen molar-refractivity contribution in [2.45, 2.75) is 43.5 Å². The lowest BCUT2D eigenvalue weighted by molar-refractivity contribution is -0.286. The minimum absolute atomic E-state index is 0.00722. The van der Waals surface area contributed by atoms with E-state index in [0.717, 1.165) is 5.56 Å². The van der Waals surface area contributed by atoms with Gasteiger partial charge in [-0.3, -0.25) is 4.79 Å². The molecular formula is C28H34O13. The van der Waals surface area contributed by atoms with Crippen molar-refractivity contribution in [3.8, 4) is 17.2 Å². The number of aliphatic hydroxyl groups is 2. The zero-order chi connectivity index (χ0) is 29.9. The van der Waals surface area contributed by atoms with E-state index in [1.54, 1.807) is 19.2 Å². The Morgan fingerprint density at radius 1 is 0.902 bits per heavy atom. The summed E-state index contributed by atoms with van der Waals surface area (Å²) in [5.41, 5.74) is 0.699. The summed E-state index contributed by atoms with van der Waals surface area (Å²) in [5.74, 6) is -2.08. The van der Waals surface area contributed by atoms with Crippen LogP contribution in [-0.4, -0.2) is 105 Å². The van der Waals surface area contributed by atoms with Crippen molar-refractivity contribution in [1.29, 1.82) is 0 Å². The second-order valence-corrected chi connectivity index (χ2v) is 9.03. The highest BCUT2D eigenvalue weighted by Gasteiger charge is 2.51. The molecule has 1 aliphatic heterocycles. The standard InChI is InChI=1S/C28H34O13/c1-35-14-22(32)40-26-25(34)21(13-29)39-28(27(26)41-23(33)15-36-2)38-20-6-4-5-18(30)24(20)19(31)12-9-16-7-10-17(37-3)11-8-16/h4-8,10-11,21,25-30,34H,9,12-15H2,1-3H3/t21-,25-,26+,27-,28-/m1/s1. The number of Topliss-reactive ketones (excluding diaryl/α,β-unsaturated/α-hetero) is 1. The van der Waals surface area contributed by atoms with E-state index >= 15 is 0 Å². The first-order valence-electron chi connectivity index (χ1n) is 12.7. The van der Waals surface area contributed by atoms with Crippen LogP contribution in [0.25, 0.3) is 0 Å². The van der Waals surface area contributed by atoms with Crippen LogP contribution in [0, 0.1) is 0 Å². The van der Waals surface area contributed by atoms with Crippen LogP contribution in [0.2, 0.25) is 0 Å². The maximum Gasteiger partial charge on any atom is 0.332 e. The zero-order valence-corrected chi connectivity index (χ0v) is 22.9. The molecule has 0 amide bonds. The lowest BCUT2D eigenvalue weighted by atomic mass is 9.98. The number of phenols is 1. The third kappa shape index (κ3) is 8.38. The average Bonchev–Trinajstić information content (AvgIpc) is 2.95. The summed E-state index contributed by atoms with van der Waals surface area (Å²) in [4.78, 5) is 37.8. The number of aromatic hydroxyl groups is 1.